The normalized spacial score (nSPS) is 12.1. The molecule has 1 amide bonds. The van der Waals surface area contributed by atoms with Crippen molar-refractivity contribution < 1.29 is 23.8 Å². The van der Waals surface area contributed by atoms with Crippen LogP contribution in [0.1, 0.15) is 24.2 Å². The Kier molecular flexibility index (Phi) is 4.86. The second kappa shape index (κ2) is 6.17. The van der Waals surface area contributed by atoms with E-state index >= 15 is 0 Å². The van der Waals surface area contributed by atoms with Crippen LogP contribution < -0.4 is 10.1 Å². The maximum Gasteiger partial charge on any atom is 0.326 e. The molecule has 6 heteroatoms. The van der Waals surface area contributed by atoms with Gasteiger partial charge in [-0.25, -0.2) is 9.18 Å². The first kappa shape index (κ1) is 14.9. The van der Waals surface area contributed by atoms with Crippen LogP contribution in [0.15, 0.2) is 18.2 Å². The third-order valence-electron chi connectivity index (χ3n) is 2.65. The lowest BCUT2D eigenvalue weighted by molar-refractivity contribution is -0.140. The van der Waals surface area contributed by atoms with Crippen molar-refractivity contribution in [1.29, 1.82) is 0 Å². The first-order valence-corrected chi connectivity index (χ1v) is 5.74. The van der Waals surface area contributed by atoms with Crippen molar-refractivity contribution in [1.82, 2.24) is 5.32 Å². The molecule has 0 saturated carbocycles. The van der Waals surface area contributed by atoms with E-state index in [2.05, 4.69) is 5.32 Å². The van der Waals surface area contributed by atoms with Crippen LogP contribution in [0.2, 0.25) is 0 Å². The molecule has 0 radical (unpaired) electrons. The predicted molar refractivity (Wildman–Crippen MR) is 66.7 cm³/mol. The summed E-state index contributed by atoms with van der Waals surface area (Å²) >= 11 is 0. The zero-order valence-corrected chi connectivity index (χ0v) is 10.9. The standard InChI is InChI=1S/C13H16FNO4/c1-7(2)11(13(17)18)15-12(16)8-5-4-6-9(19-3)10(8)14/h4-7,11H,1-3H3,(H,15,16)(H,17,18)/t11-/m0/s1. The molecule has 104 valence electrons. The van der Waals surface area contributed by atoms with Crippen molar-refractivity contribution in [3.8, 4) is 5.75 Å². The third-order valence-corrected chi connectivity index (χ3v) is 2.65. The molecule has 0 aromatic heterocycles. The number of benzene rings is 1. The summed E-state index contributed by atoms with van der Waals surface area (Å²) in [5.41, 5.74) is -0.244. The molecule has 0 aliphatic carbocycles. The van der Waals surface area contributed by atoms with Crippen molar-refractivity contribution in [2.24, 2.45) is 5.92 Å². The quantitative estimate of drug-likeness (QED) is 0.852. The third kappa shape index (κ3) is 3.43. The zero-order chi connectivity index (χ0) is 14.6. The van der Waals surface area contributed by atoms with Gasteiger partial charge in [0, 0.05) is 0 Å². The summed E-state index contributed by atoms with van der Waals surface area (Å²) < 4.78 is 18.6. The molecule has 0 aliphatic heterocycles. The lowest BCUT2D eigenvalue weighted by atomic mass is 10.0. The molecular weight excluding hydrogens is 253 g/mol. The highest BCUT2D eigenvalue weighted by Gasteiger charge is 2.25. The molecule has 1 rings (SSSR count). The number of aliphatic carboxylic acids is 1. The number of carboxylic acid groups (broad SMARTS) is 1. The van der Waals surface area contributed by atoms with E-state index in [-0.39, 0.29) is 17.2 Å². The Balaban J connectivity index is 2.98. The number of carboxylic acids is 1. The topological polar surface area (TPSA) is 75.6 Å². The van der Waals surface area contributed by atoms with E-state index in [4.69, 9.17) is 9.84 Å². The minimum Gasteiger partial charge on any atom is -0.494 e. The summed E-state index contributed by atoms with van der Waals surface area (Å²) in [4.78, 5) is 22.9. The molecule has 0 fully saturated rings. The minimum atomic E-state index is -1.16. The number of carbonyl (C=O) groups is 2. The Morgan fingerprint density at radius 1 is 1.37 bits per heavy atom. The largest absolute Gasteiger partial charge is 0.494 e. The van der Waals surface area contributed by atoms with Crippen LogP contribution >= 0.6 is 0 Å². The molecule has 0 saturated heterocycles. The molecule has 5 nitrogen and oxygen atoms in total. The first-order valence-electron chi connectivity index (χ1n) is 5.74. The van der Waals surface area contributed by atoms with E-state index < -0.39 is 23.7 Å². The molecule has 0 aliphatic rings. The monoisotopic (exact) mass is 269 g/mol. The lowest BCUT2D eigenvalue weighted by Crippen LogP contribution is -2.44. The Morgan fingerprint density at radius 2 is 2.00 bits per heavy atom. The molecule has 0 unspecified atom stereocenters. The fourth-order valence-electron chi connectivity index (χ4n) is 1.58. The van der Waals surface area contributed by atoms with E-state index in [1.54, 1.807) is 13.8 Å². The van der Waals surface area contributed by atoms with Gasteiger partial charge in [0.05, 0.1) is 12.7 Å². The Bertz CT molecular complexity index is 488. The summed E-state index contributed by atoms with van der Waals surface area (Å²) in [6.45, 7) is 3.31. The average molecular weight is 269 g/mol. The molecule has 0 bridgehead atoms. The highest BCUT2D eigenvalue weighted by atomic mass is 19.1. The van der Waals surface area contributed by atoms with Crippen molar-refractivity contribution in [2.75, 3.05) is 7.11 Å². The Labute approximate surface area is 110 Å². The van der Waals surface area contributed by atoms with Gasteiger partial charge in [-0.1, -0.05) is 19.9 Å². The molecule has 0 heterocycles. The van der Waals surface area contributed by atoms with Gasteiger partial charge in [-0.15, -0.1) is 0 Å². The second-order valence-corrected chi connectivity index (χ2v) is 4.36. The van der Waals surface area contributed by atoms with Gasteiger partial charge in [-0.3, -0.25) is 4.79 Å². The SMILES string of the molecule is COc1cccc(C(=O)N[C@H](C(=O)O)C(C)C)c1F. The van der Waals surface area contributed by atoms with E-state index in [0.717, 1.165) is 0 Å². The van der Waals surface area contributed by atoms with Gasteiger partial charge >= 0.3 is 5.97 Å². The van der Waals surface area contributed by atoms with E-state index in [0.29, 0.717) is 0 Å². The summed E-state index contributed by atoms with van der Waals surface area (Å²) in [6, 6.07) is 3.04. The second-order valence-electron chi connectivity index (χ2n) is 4.36. The van der Waals surface area contributed by atoms with Gasteiger partial charge < -0.3 is 15.2 Å². The fourth-order valence-corrected chi connectivity index (χ4v) is 1.58. The molecular formula is C13H16FNO4. The molecule has 1 aromatic rings. The van der Waals surface area contributed by atoms with E-state index in [1.807, 2.05) is 0 Å². The maximum absolute atomic E-state index is 13.8. The number of carbonyl (C=O) groups excluding carboxylic acids is 1. The van der Waals surface area contributed by atoms with Crippen molar-refractivity contribution >= 4 is 11.9 Å². The van der Waals surface area contributed by atoms with Gasteiger partial charge in [-0.05, 0) is 18.1 Å². The van der Waals surface area contributed by atoms with Crippen LogP contribution in [-0.4, -0.2) is 30.1 Å². The molecule has 2 N–H and O–H groups in total. The first-order chi connectivity index (χ1) is 8.88. The fraction of sp³-hybridized carbons (Fsp3) is 0.385. The number of hydrogen-bond donors (Lipinski definition) is 2. The smallest absolute Gasteiger partial charge is 0.326 e. The highest BCUT2D eigenvalue weighted by molar-refractivity contribution is 5.97. The highest BCUT2D eigenvalue weighted by Crippen LogP contribution is 2.20. The Hall–Kier alpha value is -2.11. The van der Waals surface area contributed by atoms with Crippen LogP contribution in [0, 0.1) is 11.7 Å². The summed E-state index contributed by atoms with van der Waals surface area (Å²) in [5.74, 6) is -3.13. The number of hydrogen-bond acceptors (Lipinski definition) is 3. The molecule has 1 aromatic carbocycles. The predicted octanol–water partition coefficient (Wildman–Crippen LogP) is 1.67. The van der Waals surface area contributed by atoms with Crippen molar-refractivity contribution in [3.63, 3.8) is 0 Å². The van der Waals surface area contributed by atoms with Crippen LogP contribution in [0.3, 0.4) is 0 Å². The average Bonchev–Trinajstić information content (AvgIpc) is 2.35. The summed E-state index contributed by atoms with van der Waals surface area (Å²) in [5, 5.41) is 11.3. The molecule has 19 heavy (non-hydrogen) atoms. The minimum absolute atomic E-state index is 0.0657. The summed E-state index contributed by atoms with van der Waals surface area (Å²) in [6.07, 6.45) is 0. The van der Waals surface area contributed by atoms with E-state index in [9.17, 15) is 14.0 Å². The lowest BCUT2D eigenvalue weighted by Gasteiger charge is -2.18. The van der Waals surface area contributed by atoms with Gasteiger partial charge in [0.2, 0.25) is 0 Å². The zero-order valence-electron chi connectivity index (χ0n) is 10.9. The van der Waals surface area contributed by atoms with Gasteiger partial charge in [-0.2, -0.15) is 0 Å². The van der Waals surface area contributed by atoms with Crippen LogP contribution in [0.5, 0.6) is 5.75 Å². The van der Waals surface area contributed by atoms with Crippen molar-refractivity contribution in [3.05, 3.63) is 29.6 Å². The van der Waals surface area contributed by atoms with Crippen LogP contribution in [-0.2, 0) is 4.79 Å². The molecule has 0 spiro atoms. The number of nitrogens with one attached hydrogen (secondary N) is 1. The molecule has 1 atom stereocenters. The Morgan fingerprint density at radius 3 is 2.47 bits per heavy atom. The van der Waals surface area contributed by atoms with Crippen LogP contribution in [0.25, 0.3) is 0 Å². The van der Waals surface area contributed by atoms with E-state index in [1.165, 1.54) is 25.3 Å². The van der Waals surface area contributed by atoms with Gasteiger partial charge in [0.15, 0.2) is 11.6 Å². The summed E-state index contributed by atoms with van der Waals surface area (Å²) in [7, 11) is 1.29. The van der Waals surface area contributed by atoms with Crippen LogP contribution in [0.4, 0.5) is 4.39 Å². The number of ether oxygens (including phenoxy) is 1. The number of halogens is 1. The number of amides is 1. The van der Waals surface area contributed by atoms with Gasteiger partial charge in [0.25, 0.3) is 5.91 Å². The van der Waals surface area contributed by atoms with Crippen molar-refractivity contribution in [2.45, 2.75) is 19.9 Å². The van der Waals surface area contributed by atoms with Gasteiger partial charge in [0.1, 0.15) is 6.04 Å². The maximum atomic E-state index is 13.8. The number of rotatable bonds is 5. The number of methoxy groups -OCH3 is 1.